The average Bonchev–Trinajstić information content (AvgIpc) is 3.20. The first-order valence-electron chi connectivity index (χ1n) is 9.97. The Balaban J connectivity index is 1.26. The zero-order chi connectivity index (χ0) is 22.7. The quantitative estimate of drug-likeness (QED) is 0.462. The molecule has 0 unspecified atom stereocenters. The summed E-state index contributed by atoms with van der Waals surface area (Å²) in [4.78, 5) is 21.3. The van der Waals surface area contributed by atoms with Crippen LogP contribution in [0.4, 0.5) is 9.52 Å². The summed E-state index contributed by atoms with van der Waals surface area (Å²) < 4.78 is 13.3. The molecule has 168 valence electrons. The number of carbonyl (C=O) groups is 1. The van der Waals surface area contributed by atoms with Gasteiger partial charge in [0.1, 0.15) is 5.82 Å². The molecule has 0 radical (unpaired) electrons. The van der Waals surface area contributed by atoms with Crippen molar-refractivity contribution < 1.29 is 9.18 Å². The summed E-state index contributed by atoms with van der Waals surface area (Å²) in [5, 5.41) is 6.46. The number of aromatic nitrogens is 1. The maximum absolute atomic E-state index is 13.3. The smallest absolute Gasteiger partial charge is 0.240 e. The van der Waals surface area contributed by atoms with Gasteiger partial charge in [0.2, 0.25) is 5.91 Å². The Kier molecular flexibility index (Phi) is 7.66. The number of hydrogen-bond donors (Lipinski definition) is 1. The minimum atomic E-state index is -0.408. The van der Waals surface area contributed by atoms with Crippen LogP contribution in [0.2, 0.25) is 15.1 Å². The number of anilines is 1. The zero-order valence-electron chi connectivity index (χ0n) is 17.0. The highest BCUT2D eigenvalue weighted by atomic mass is 35.5. The fourth-order valence-corrected chi connectivity index (χ4v) is 4.95. The summed E-state index contributed by atoms with van der Waals surface area (Å²) in [7, 11) is 0. The number of thiazole rings is 1. The number of piperazine rings is 1. The van der Waals surface area contributed by atoms with Gasteiger partial charge in [-0.15, -0.1) is 11.3 Å². The lowest BCUT2D eigenvalue weighted by atomic mass is 10.2. The van der Waals surface area contributed by atoms with E-state index in [1.807, 2.05) is 11.4 Å². The minimum Gasteiger partial charge on any atom is -0.301 e. The molecule has 1 aliphatic heterocycles. The van der Waals surface area contributed by atoms with E-state index in [4.69, 9.17) is 34.8 Å². The van der Waals surface area contributed by atoms with Crippen LogP contribution in [0.25, 0.3) is 11.3 Å². The van der Waals surface area contributed by atoms with Crippen molar-refractivity contribution in [1.29, 1.82) is 0 Å². The van der Waals surface area contributed by atoms with Gasteiger partial charge in [-0.05, 0) is 35.9 Å². The predicted molar refractivity (Wildman–Crippen MR) is 129 cm³/mol. The fraction of sp³-hybridized carbons (Fsp3) is 0.273. The molecule has 1 aliphatic rings. The second-order valence-electron chi connectivity index (χ2n) is 7.51. The monoisotopic (exact) mass is 512 g/mol. The molecule has 0 saturated carbocycles. The average molecular weight is 514 g/mol. The van der Waals surface area contributed by atoms with Gasteiger partial charge in [0.15, 0.2) is 5.13 Å². The number of carbonyl (C=O) groups excluding carboxylic acids is 1. The number of nitrogens with one attached hydrogen (secondary N) is 1. The summed E-state index contributed by atoms with van der Waals surface area (Å²) in [5.74, 6) is -0.512. The van der Waals surface area contributed by atoms with Gasteiger partial charge in [0.25, 0.3) is 0 Å². The van der Waals surface area contributed by atoms with E-state index in [2.05, 4.69) is 20.1 Å². The Labute approximate surface area is 204 Å². The van der Waals surface area contributed by atoms with Crippen LogP contribution in [0, 0.1) is 5.82 Å². The van der Waals surface area contributed by atoms with Gasteiger partial charge in [-0.2, -0.15) is 0 Å². The van der Waals surface area contributed by atoms with Gasteiger partial charge in [0.05, 0.1) is 22.3 Å². The lowest BCUT2D eigenvalue weighted by molar-refractivity contribution is -0.117. The predicted octanol–water partition coefficient (Wildman–Crippen LogP) is 5.67. The number of nitrogens with zero attached hydrogens (tertiary/aromatic N) is 3. The standard InChI is InChI=1S/C22H20Cl3FN4OS/c23-15-2-3-16(17(24)10-15)20-13-32-22(27-20)28-21(31)12-30-7-5-29(6-8-30)11-14-1-4-19(26)18(25)9-14/h1-4,9-10,13H,5-8,11-12H2,(H,27,28,31). The lowest BCUT2D eigenvalue weighted by Crippen LogP contribution is -2.48. The maximum atomic E-state index is 13.3. The van der Waals surface area contributed by atoms with E-state index in [0.717, 1.165) is 37.3 Å². The molecule has 10 heteroatoms. The summed E-state index contributed by atoms with van der Waals surface area (Å²) in [5.41, 5.74) is 2.44. The molecule has 1 N–H and O–H groups in total. The molecule has 4 rings (SSSR count). The van der Waals surface area contributed by atoms with Crippen molar-refractivity contribution in [3.8, 4) is 11.3 Å². The van der Waals surface area contributed by atoms with Crippen LogP contribution in [0.1, 0.15) is 5.56 Å². The Morgan fingerprint density at radius 1 is 1.03 bits per heavy atom. The second kappa shape index (κ2) is 10.5. The van der Waals surface area contributed by atoms with Crippen LogP contribution in [0.3, 0.4) is 0 Å². The van der Waals surface area contributed by atoms with Crippen LogP contribution in [0.5, 0.6) is 0 Å². The second-order valence-corrected chi connectivity index (χ2v) is 9.62. The van der Waals surface area contributed by atoms with Crippen molar-refractivity contribution in [3.63, 3.8) is 0 Å². The Morgan fingerprint density at radius 3 is 2.50 bits per heavy atom. The Bertz CT molecular complexity index is 1120. The molecule has 1 aromatic heterocycles. The van der Waals surface area contributed by atoms with E-state index in [1.54, 1.807) is 24.3 Å². The molecule has 2 aromatic carbocycles. The first-order chi connectivity index (χ1) is 15.4. The molecule has 0 aliphatic carbocycles. The molecule has 0 spiro atoms. The van der Waals surface area contributed by atoms with Crippen LogP contribution in [0.15, 0.2) is 41.8 Å². The third kappa shape index (κ3) is 5.98. The zero-order valence-corrected chi connectivity index (χ0v) is 20.0. The van der Waals surface area contributed by atoms with Gasteiger partial charge in [-0.1, -0.05) is 40.9 Å². The summed E-state index contributed by atoms with van der Waals surface area (Å²) >= 11 is 19.4. The molecule has 5 nitrogen and oxygen atoms in total. The third-order valence-corrected chi connectivity index (χ3v) is 6.78. The Morgan fingerprint density at radius 2 is 1.78 bits per heavy atom. The first kappa shape index (κ1) is 23.4. The van der Waals surface area contributed by atoms with Crippen LogP contribution in [-0.4, -0.2) is 53.4 Å². The number of rotatable bonds is 6. The number of benzene rings is 2. The molecule has 1 fully saturated rings. The number of halogens is 4. The normalized spacial score (nSPS) is 15.1. The number of amides is 1. The molecular weight excluding hydrogens is 494 g/mol. The van der Waals surface area contributed by atoms with E-state index in [1.165, 1.54) is 17.4 Å². The fourth-order valence-electron chi connectivity index (χ4n) is 3.52. The van der Waals surface area contributed by atoms with E-state index in [0.29, 0.717) is 34.0 Å². The van der Waals surface area contributed by atoms with Gasteiger partial charge >= 0.3 is 0 Å². The van der Waals surface area contributed by atoms with E-state index < -0.39 is 5.82 Å². The highest BCUT2D eigenvalue weighted by Gasteiger charge is 2.20. The highest BCUT2D eigenvalue weighted by Crippen LogP contribution is 2.32. The van der Waals surface area contributed by atoms with E-state index in [-0.39, 0.29) is 10.9 Å². The van der Waals surface area contributed by atoms with Crippen molar-refractivity contribution in [1.82, 2.24) is 14.8 Å². The van der Waals surface area contributed by atoms with E-state index in [9.17, 15) is 9.18 Å². The molecule has 3 aromatic rings. The molecule has 0 atom stereocenters. The lowest BCUT2D eigenvalue weighted by Gasteiger charge is -2.34. The third-order valence-electron chi connectivity index (χ3n) is 5.18. The van der Waals surface area contributed by atoms with Crippen LogP contribution >= 0.6 is 46.1 Å². The largest absolute Gasteiger partial charge is 0.301 e. The van der Waals surface area contributed by atoms with Gasteiger partial charge in [-0.3, -0.25) is 14.6 Å². The van der Waals surface area contributed by atoms with Crippen molar-refractivity contribution in [2.24, 2.45) is 0 Å². The molecule has 2 heterocycles. The van der Waals surface area contributed by atoms with Crippen molar-refractivity contribution >= 4 is 57.2 Å². The molecule has 1 amide bonds. The minimum absolute atomic E-state index is 0.105. The maximum Gasteiger partial charge on any atom is 0.240 e. The number of hydrogen-bond acceptors (Lipinski definition) is 5. The van der Waals surface area contributed by atoms with E-state index >= 15 is 0 Å². The van der Waals surface area contributed by atoms with Gasteiger partial charge < -0.3 is 5.32 Å². The van der Waals surface area contributed by atoms with Crippen LogP contribution in [-0.2, 0) is 11.3 Å². The molecule has 1 saturated heterocycles. The van der Waals surface area contributed by atoms with Gasteiger partial charge in [-0.25, -0.2) is 9.37 Å². The molecule has 0 bridgehead atoms. The molecular formula is C22H20Cl3FN4OS. The van der Waals surface area contributed by atoms with Crippen molar-refractivity contribution in [2.75, 3.05) is 38.0 Å². The summed E-state index contributed by atoms with van der Waals surface area (Å²) in [6, 6.07) is 10.0. The summed E-state index contributed by atoms with van der Waals surface area (Å²) in [6.07, 6.45) is 0. The molecule has 32 heavy (non-hydrogen) atoms. The first-order valence-corrected chi connectivity index (χ1v) is 12.0. The topological polar surface area (TPSA) is 48.5 Å². The van der Waals surface area contributed by atoms with Gasteiger partial charge in [0, 0.05) is 48.7 Å². The van der Waals surface area contributed by atoms with Crippen LogP contribution < -0.4 is 5.32 Å². The summed E-state index contributed by atoms with van der Waals surface area (Å²) in [6.45, 7) is 4.18. The van der Waals surface area contributed by atoms with Crippen molar-refractivity contribution in [3.05, 3.63) is 68.2 Å². The Hall–Kier alpha value is -1.74. The SMILES string of the molecule is O=C(CN1CCN(Cc2ccc(F)c(Cl)c2)CC1)Nc1nc(-c2ccc(Cl)cc2Cl)cs1. The highest BCUT2D eigenvalue weighted by molar-refractivity contribution is 7.14. The van der Waals surface area contributed by atoms with Crippen molar-refractivity contribution in [2.45, 2.75) is 6.54 Å².